The van der Waals surface area contributed by atoms with Crippen LogP contribution in [-0.4, -0.2) is 19.6 Å². The van der Waals surface area contributed by atoms with Gasteiger partial charge in [0.1, 0.15) is 0 Å². The molecule has 11 heavy (non-hydrogen) atoms. The van der Waals surface area contributed by atoms with Crippen molar-refractivity contribution in [1.82, 2.24) is 0 Å². The molecule has 1 N–H and O–H groups in total. The molecule has 2 aliphatic rings. The minimum Gasteiger partial charge on any atom is -0.335 e. The third-order valence-corrected chi connectivity index (χ3v) is 3.69. The number of quaternary nitrogens is 1. The van der Waals surface area contributed by atoms with E-state index in [0.717, 1.165) is 12.0 Å². The maximum atomic E-state index is 2.39. The topological polar surface area (TPSA) is 4.44 Å². The van der Waals surface area contributed by atoms with Gasteiger partial charge in [0.05, 0.1) is 19.6 Å². The summed E-state index contributed by atoms with van der Waals surface area (Å²) in [6.07, 6.45) is 9.06. The van der Waals surface area contributed by atoms with Crippen molar-refractivity contribution < 1.29 is 4.90 Å². The summed E-state index contributed by atoms with van der Waals surface area (Å²) < 4.78 is 0. The first-order valence-electron chi connectivity index (χ1n) is 5.20. The van der Waals surface area contributed by atoms with Crippen LogP contribution in [-0.2, 0) is 0 Å². The molecule has 0 spiro atoms. The van der Waals surface area contributed by atoms with Crippen molar-refractivity contribution in [2.24, 2.45) is 5.92 Å². The molecule has 0 aromatic heterocycles. The number of likely N-dealkylation sites (tertiary alicyclic amines) is 1. The van der Waals surface area contributed by atoms with Crippen molar-refractivity contribution in [3.8, 4) is 0 Å². The maximum Gasteiger partial charge on any atom is 0.0901 e. The molecule has 64 valence electrons. The smallest absolute Gasteiger partial charge is 0.0901 e. The zero-order chi connectivity index (χ0) is 7.68. The Labute approximate surface area is 69.8 Å². The van der Waals surface area contributed by atoms with Crippen LogP contribution in [0.2, 0.25) is 0 Å². The second-order valence-corrected chi connectivity index (χ2v) is 4.39. The van der Waals surface area contributed by atoms with Crippen LogP contribution < -0.4 is 4.90 Å². The lowest BCUT2D eigenvalue weighted by molar-refractivity contribution is -0.917. The predicted molar refractivity (Wildman–Crippen MR) is 46.7 cm³/mol. The molecule has 2 rings (SSSR count). The van der Waals surface area contributed by atoms with Gasteiger partial charge in [-0.1, -0.05) is 6.42 Å². The summed E-state index contributed by atoms with van der Waals surface area (Å²) in [7, 11) is 2.39. The van der Waals surface area contributed by atoms with Gasteiger partial charge < -0.3 is 4.90 Å². The molecule has 0 aromatic rings. The number of hydrogen-bond donors (Lipinski definition) is 1. The fourth-order valence-electron chi connectivity index (χ4n) is 3.03. The van der Waals surface area contributed by atoms with Crippen LogP contribution in [0.5, 0.6) is 0 Å². The van der Waals surface area contributed by atoms with Crippen LogP contribution in [0.4, 0.5) is 0 Å². The lowest BCUT2D eigenvalue weighted by Gasteiger charge is -2.39. The molecule has 0 amide bonds. The molecule has 1 heterocycles. The van der Waals surface area contributed by atoms with E-state index in [1.807, 2.05) is 4.90 Å². The zero-order valence-corrected chi connectivity index (χ0v) is 7.60. The van der Waals surface area contributed by atoms with Crippen molar-refractivity contribution in [3.63, 3.8) is 0 Å². The van der Waals surface area contributed by atoms with Gasteiger partial charge >= 0.3 is 0 Å². The second-order valence-electron chi connectivity index (χ2n) is 4.39. The van der Waals surface area contributed by atoms with Gasteiger partial charge in [0.2, 0.25) is 0 Å². The highest BCUT2D eigenvalue weighted by atomic mass is 15.1. The summed E-state index contributed by atoms with van der Waals surface area (Å²) in [6, 6.07) is 1.04. The van der Waals surface area contributed by atoms with Gasteiger partial charge in [0, 0.05) is 5.92 Å². The summed E-state index contributed by atoms with van der Waals surface area (Å²) >= 11 is 0. The van der Waals surface area contributed by atoms with E-state index < -0.39 is 0 Å². The first kappa shape index (κ1) is 7.60. The van der Waals surface area contributed by atoms with Crippen molar-refractivity contribution in [2.45, 2.75) is 44.6 Å². The third-order valence-electron chi connectivity index (χ3n) is 3.69. The molecule has 2 fully saturated rings. The number of fused-ring (bicyclic) bond motifs is 1. The van der Waals surface area contributed by atoms with Gasteiger partial charge in [-0.05, 0) is 32.1 Å². The lowest BCUT2D eigenvalue weighted by atomic mass is 9.79. The van der Waals surface area contributed by atoms with E-state index in [1.54, 1.807) is 0 Å². The van der Waals surface area contributed by atoms with E-state index in [4.69, 9.17) is 0 Å². The summed E-state index contributed by atoms with van der Waals surface area (Å²) in [4.78, 5) is 1.82. The minimum atomic E-state index is 1.04. The van der Waals surface area contributed by atoms with Crippen LogP contribution in [0.3, 0.4) is 0 Å². The van der Waals surface area contributed by atoms with Gasteiger partial charge in [-0.25, -0.2) is 0 Å². The highest BCUT2D eigenvalue weighted by molar-refractivity contribution is 4.76. The Morgan fingerprint density at radius 1 is 1.00 bits per heavy atom. The Hall–Kier alpha value is -0.0400. The summed E-state index contributed by atoms with van der Waals surface area (Å²) in [5.74, 6) is 1.09. The minimum absolute atomic E-state index is 1.04. The maximum absolute atomic E-state index is 2.39. The Bertz CT molecular complexity index is 131. The Balaban J connectivity index is 1.99. The largest absolute Gasteiger partial charge is 0.335 e. The fraction of sp³-hybridized carbons (Fsp3) is 1.00. The molecule has 1 heteroatoms. The summed E-state index contributed by atoms with van der Waals surface area (Å²) in [5.41, 5.74) is 0. The molecule has 0 radical (unpaired) electrons. The van der Waals surface area contributed by atoms with Crippen LogP contribution >= 0.6 is 0 Å². The van der Waals surface area contributed by atoms with E-state index in [0.29, 0.717) is 0 Å². The van der Waals surface area contributed by atoms with Crippen LogP contribution in [0.15, 0.2) is 0 Å². The van der Waals surface area contributed by atoms with Crippen LogP contribution in [0.25, 0.3) is 0 Å². The molecule has 0 aromatic carbocycles. The number of piperidine rings is 1. The van der Waals surface area contributed by atoms with Gasteiger partial charge in [-0.2, -0.15) is 0 Å². The van der Waals surface area contributed by atoms with Crippen LogP contribution in [0.1, 0.15) is 38.5 Å². The molecule has 1 unspecified atom stereocenters. The summed E-state index contributed by atoms with van der Waals surface area (Å²) in [6.45, 7) is 1.43. The van der Waals surface area contributed by atoms with E-state index >= 15 is 0 Å². The SMILES string of the molecule is C[NH+]1CCC[C@@H]2CCCC[C@H]21. The summed E-state index contributed by atoms with van der Waals surface area (Å²) in [5, 5.41) is 0. The highest BCUT2D eigenvalue weighted by Crippen LogP contribution is 2.27. The Morgan fingerprint density at radius 2 is 1.73 bits per heavy atom. The molecule has 0 bridgehead atoms. The molecule has 1 aliphatic carbocycles. The lowest BCUT2D eigenvalue weighted by Crippen LogP contribution is -3.15. The Kier molecular flexibility index (Phi) is 2.17. The monoisotopic (exact) mass is 154 g/mol. The molecular weight excluding hydrogens is 134 g/mol. The molecule has 1 saturated heterocycles. The standard InChI is InChI=1S/C10H19N/c1-11-8-4-6-9-5-2-3-7-10(9)11/h9-10H,2-8H2,1H3/p+1/t9-,10+/m0/s1. The Morgan fingerprint density at radius 3 is 2.55 bits per heavy atom. The predicted octanol–water partition coefficient (Wildman–Crippen LogP) is 0.854. The number of rotatable bonds is 0. The number of hydrogen-bond acceptors (Lipinski definition) is 0. The molecule has 1 aliphatic heterocycles. The van der Waals surface area contributed by atoms with Crippen molar-refractivity contribution in [2.75, 3.05) is 13.6 Å². The average molecular weight is 154 g/mol. The quantitative estimate of drug-likeness (QED) is 0.528. The molecule has 1 saturated carbocycles. The molecule has 1 nitrogen and oxygen atoms in total. The van der Waals surface area contributed by atoms with Gasteiger partial charge in [0.25, 0.3) is 0 Å². The van der Waals surface area contributed by atoms with Crippen molar-refractivity contribution in [3.05, 3.63) is 0 Å². The second kappa shape index (κ2) is 3.14. The highest BCUT2D eigenvalue weighted by Gasteiger charge is 2.33. The van der Waals surface area contributed by atoms with Gasteiger partial charge in [-0.15, -0.1) is 0 Å². The molecular formula is C10H20N+. The molecule has 3 atom stereocenters. The fourth-order valence-corrected chi connectivity index (χ4v) is 3.03. The van der Waals surface area contributed by atoms with E-state index in [1.165, 1.54) is 45.1 Å². The van der Waals surface area contributed by atoms with E-state index in [2.05, 4.69) is 7.05 Å². The van der Waals surface area contributed by atoms with Gasteiger partial charge in [-0.3, -0.25) is 0 Å². The first-order valence-corrected chi connectivity index (χ1v) is 5.20. The zero-order valence-electron chi connectivity index (χ0n) is 7.60. The third kappa shape index (κ3) is 1.44. The van der Waals surface area contributed by atoms with Crippen molar-refractivity contribution in [1.29, 1.82) is 0 Å². The van der Waals surface area contributed by atoms with E-state index in [9.17, 15) is 0 Å². The normalized spacial score (nSPS) is 45.0. The average Bonchev–Trinajstić information content (AvgIpc) is 2.06. The van der Waals surface area contributed by atoms with Crippen LogP contribution in [0, 0.1) is 5.92 Å². The van der Waals surface area contributed by atoms with E-state index in [-0.39, 0.29) is 0 Å². The first-order chi connectivity index (χ1) is 5.38. The number of nitrogens with one attached hydrogen (secondary N) is 1. The van der Waals surface area contributed by atoms with Crippen molar-refractivity contribution >= 4 is 0 Å². The van der Waals surface area contributed by atoms with Gasteiger partial charge in [0.15, 0.2) is 0 Å².